The van der Waals surface area contributed by atoms with E-state index in [-0.39, 0.29) is 0 Å². The van der Waals surface area contributed by atoms with E-state index >= 15 is 0 Å². The second-order valence-corrected chi connectivity index (χ2v) is 32.9. The summed E-state index contributed by atoms with van der Waals surface area (Å²) >= 11 is 0. The van der Waals surface area contributed by atoms with E-state index in [0.29, 0.717) is 26.9 Å². The predicted molar refractivity (Wildman–Crippen MR) is 478 cm³/mol. The number of fused-ring (bicyclic) bond motifs is 32. The lowest BCUT2D eigenvalue weighted by Gasteiger charge is -2.34. The molecule has 8 aliphatic rings. The Morgan fingerprint density at radius 1 is 0.196 bits per heavy atom. The van der Waals surface area contributed by atoms with Crippen molar-refractivity contribution in [2.24, 2.45) is 0 Å². The molecule has 16 aromatic carbocycles. The maximum atomic E-state index is 2.52. The largest absolute Gasteiger partial charge is 0.310 e. The minimum absolute atomic E-state index is 0.329. The quantitative estimate of drug-likeness (QED) is 0.135. The van der Waals surface area contributed by atoms with Crippen molar-refractivity contribution < 1.29 is 0 Å². The molecule has 0 saturated carbocycles. The standard InChI is InChI=1S/4C26H18BN/c1-16-7-6-8-17-15-18-13-14-20-19-9-2-4-11-22(19)28-23-12-5-3-10-21(23)27(24(16)17)25(18)26(20)28;1-16-7-6-12-23-24(16)27-21-10-4-2-8-17(21)15-18-13-14-20-19-9-3-5-11-22(19)28(23)26(20)25(18)27;1-16-10-13-21-18(14-16)15-17-11-12-20-19-6-2-4-8-23(19)28-24-9-5-3-7-22(24)27(21)25(17)26(20)28;1-16-10-11-17-15-18-12-13-20-19-6-2-4-8-23(19)28-24-9-5-3-7-21(24)27(22(17)14-16)25(18)26(20)28/h4*2-14H,15H2,1H3. The topological polar surface area (TPSA) is 19.7 Å². The van der Waals surface area contributed by atoms with Gasteiger partial charge in [-0.15, -0.1) is 0 Å². The number of para-hydroxylation sites is 7. The summed E-state index contributed by atoms with van der Waals surface area (Å²) in [6.07, 6.45) is 4.12. The summed E-state index contributed by atoms with van der Waals surface area (Å²) < 4.78 is 10.1. The SMILES string of the molecule is Cc1ccc2c(c1)B1c3ccccc3-n3c4ccccc4c4ccc(c1c43)C2.Cc1ccc2c(c1)Cc1ccc3c4ccccc4n4c3c1B2c1ccccc1-4.Cc1cccc2c1B1c3ccccc3-n3c4ccccc4c4ccc(c1c43)C2.Cc1cccc2c1B1c3ccccc3Cc3ccc4c5ccccc5n-2c4c31. The van der Waals surface area contributed by atoms with E-state index in [1.165, 1.54) is 242 Å². The van der Waals surface area contributed by atoms with Gasteiger partial charge < -0.3 is 18.3 Å². The smallest absolute Gasteiger partial charge is 0.247 e. The molecule has 112 heavy (non-hydrogen) atoms. The highest BCUT2D eigenvalue weighted by molar-refractivity contribution is 7.01. The molecule has 8 aliphatic heterocycles. The van der Waals surface area contributed by atoms with Gasteiger partial charge in [0.1, 0.15) is 0 Å². The van der Waals surface area contributed by atoms with Crippen molar-refractivity contribution in [3.63, 3.8) is 0 Å². The summed E-state index contributed by atoms with van der Waals surface area (Å²) in [7, 11) is 0. The van der Waals surface area contributed by atoms with Crippen molar-refractivity contribution in [2.45, 2.75) is 53.4 Å². The normalized spacial score (nSPS) is 13.7. The molecule has 8 heteroatoms. The van der Waals surface area contributed by atoms with Crippen LogP contribution < -0.4 is 65.6 Å². The van der Waals surface area contributed by atoms with Gasteiger partial charge in [-0.2, -0.15) is 0 Å². The zero-order valence-electron chi connectivity index (χ0n) is 62.9. The van der Waals surface area contributed by atoms with Crippen LogP contribution in [0.3, 0.4) is 0 Å². The number of rotatable bonds is 0. The van der Waals surface area contributed by atoms with Crippen LogP contribution in [0.5, 0.6) is 0 Å². The molecule has 0 atom stereocenters. The van der Waals surface area contributed by atoms with Gasteiger partial charge in [-0.05, 0) is 190 Å². The molecule has 0 N–H and O–H groups in total. The first kappa shape index (κ1) is 62.8. The van der Waals surface area contributed by atoms with E-state index in [2.05, 4.69) is 361 Å². The number of benzene rings is 16. The monoisotopic (exact) mass is 1420 g/mol. The maximum Gasteiger partial charge on any atom is 0.247 e. The average molecular weight is 1420 g/mol. The highest BCUT2D eigenvalue weighted by Gasteiger charge is 2.44. The Morgan fingerprint density at radius 2 is 0.509 bits per heavy atom. The van der Waals surface area contributed by atoms with E-state index in [0.717, 1.165) is 25.7 Å². The lowest BCUT2D eigenvalue weighted by atomic mass is 9.32. The van der Waals surface area contributed by atoms with Crippen molar-refractivity contribution >= 4 is 180 Å². The van der Waals surface area contributed by atoms with Gasteiger partial charge in [-0.25, -0.2) is 0 Å². The van der Waals surface area contributed by atoms with Gasteiger partial charge in [0, 0.05) is 87.9 Å². The average Bonchev–Trinajstić information content (AvgIpc) is 1.38. The molecule has 28 rings (SSSR count). The molecular weight excluding hydrogens is 1350 g/mol. The number of aryl methyl sites for hydroxylation is 4. The number of hydrogen-bond acceptors (Lipinski definition) is 0. The van der Waals surface area contributed by atoms with Crippen LogP contribution in [0.1, 0.15) is 66.8 Å². The van der Waals surface area contributed by atoms with E-state index in [9.17, 15) is 0 Å². The molecule has 0 aliphatic carbocycles. The molecule has 0 saturated heterocycles. The summed E-state index contributed by atoms with van der Waals surface area (Å²) in [6.45, 7) is 10.3. The first-order valence-electron chi connectivity index (χ1n) is 40.2. The fourth-order valence-corrected chi connectivity index (χ4v) is 22.7. The molecule has 20 aromatic rings. The van der Waals surface area contributed by atoms with E-state index in [4.69, 9.17) is 0 Å². The van der Waals surface area contributed by atoms with Crippen LogP contribution in [-0.4, -0.2) is 45.1 Å². The number of nitrogens with zero attached hydrogens (tertiary/aromatic N) is 4. The Bertz CT molecular complexity index is 7610. The second kappa shape index (κ2) is 23.3. The first-order valence-corrected chi connectivity index (χ1v) is 40.2. The molecule has 0 spiro atoms. The summed E-state index contributed by atoms with van der Waals surface area (Å²) in [5.41, 5.74) is 51.4. The Hall–Kier alpha value is -13.0. The fraction of sp³-hybridized carbons (Fsp3) is 0.0769. The number of hydrogen-bond donors (Lipinski definition) is 0. The van der Waals surface area contributed by atoms with Gasteiger partial charge in [0.25, 0.3) is 0 Å². The number of aromatic nitrogens is 4. The molecule has 0 fully saturated rings. The minimum atomic E-state index is 0.329. The summed E-state index contributed by atoms with van der Waals surface area (Å²) in [4.78, 5) is 0. The lowest BCUT2D eigenvalue weighted by Crippen LogP contribution is -2.60. The van der Waals surface area contributed by atoms with Crippen LogP contribution in [0.4, 0.5) is 0 Å². The van der Waals surface area contributed by atoms with Crippen molar-refractivity contribution in [2.75, 3.05) is 0 Å². The third kappa shape index (κ3) is 8.46. The molecule has 520 valence electrons. The van der Waals surface area contributed by atoms with E-state index in [1.54, 1.807) is 0 Å². The van der Waals surface area contributed by atoms with Crippen molar-refractivity contribution in [1.29, 1.82) is 0 Å². The predicted octanol–water partition coefficient (Wildman–Crippen LogP) is 15.3. The van der Waals surface area contributed by atoms with Crippen molar-refractivity contribution in [1.82, 2.24) is 18.3 Å². The van der Waals surface area contributed by atoms with Gasteiger partial charge in [-0.3, -0.25) is 0 Å². The van der Waals surface area contributed by atoms with Gasteiger partial charge in [-0.1, -0.05) is 311 Å². The molecule has 12 heterocycles. The molecule has 0 amide bonds. The zero-order chi connectivity index (χ0) is 73.6. The molecule has 0 unspecified atom stereocenters. The van der Waals surface area contributed by atoms with Crippen LogP contribution in [0.25, 0.3) is 110 Å². The van der Waals surface area contributed by atoms with E-state index < -0.39 is 0 Å². The highest BCUT2D eigenvalue weighted by Crippen LogP contribution is 2.41. The summed E-state index contributed by atoms with van der Waals surface area (Å²) in [6, 6.07) is 118. The summed E-state index contributed by atoms with van der Waals surface area (Å²) in [5.74, 6) is 0. The first-order chi connectivity index (χ1) is 55.3. The molecule has 4 nitrogen and oxygen atoms in total. The highest BCUT2D eigenvalue weighted by atomic mass is 15.0. The van der Waals surface area contributed by atoms with Gasteiger partial charge in [0.15, 0.2) is 0 Å². The van der Waals surface area contributed by atoms with Crippen molar-refractivity contribution in [3.05, 3.63) is 382 Å². The van der Waals surface area contributed by atoms with Gasteiger partial charge in [0.2, 0.25) is 26.9 Å². The fourth-order valence-electron chi connectivity index (χ4n) is 22.7. The van der Waals surface area contributed by atoms with Crippen LogP contribution in [0.2, 0.25) is 0 Å². The van der Waals surface area contributed by atoms with Gasteiger partial charge >= 0.3 is 0 Å². The molecule has 4 aromatic heterocycles. The van der Waals surface area contributed by atoms with Crippen LogP contribution in [0.15, 0.2) is 315 Å². The third-order valence-corrected chi connectivity index (χ3v) is 27.1. The Morgan fingerprint density at radius 3 is 1.02 bits per heavy atom. The van der Waals surface area contributed by atoms with Crippen LogP contribution >= 0.6 is 0 Å². The molecule has 0 radical (unpaired) electrons. The molecular formula is C104H72B4N4. The second-order valence-electron chi connectivity index (χ2n) is 32.9. The Kier molecular flexibility index (Phi) is 13.1. The summed E-state index contributed by atoms with van der Waals surface area (Å²) in [5, 5.41) is 10.9. The lowest BCUT2D eigenvalue weighted by molar-refractivity contribution is 1.16. The Labute approximate surface area is 651 Å². The minimum Gasteiger partial charge on any atom is -0.310 e. The Balaban J connectivity index is 0.0000000847. The van der Waals surface area contributed by atoms with Crippen LogP contribution in [-0.2, 0) is 25.7 Å². The van der Waals surface area contributed by atoms with E-state index in [1.807, 2.05) is 0 Å². The van der Waals surface area contributed by atoms with Crippen molar-refractivity contribution in [3.8, 4) is 22.7 Å². The maximum absolute atomic E-state index is 2.52. The third-order valence-electron chi connectivity index (χ3n) is 27.1. The molecule has 0 bridgehead atoms. The zero-order valence-corrected chi connectivity index (χ0v) is 62.9. The van der Waals surface area contributed by atoms with Gasteiger partial charge in [0.05, 0.1) is 22.1 Å². The van der Waals surface area contributed by atoms with Crippen LogP contribution in [0, 0.1) is 27.7 Å².